The van der Waals surface area contributed by atoms with Gasteiger partial charge in [0.1, 0.15) is 0 Å². The number of hydrogen-bond donors (Lipinski definition) is 1. The Morgan fingerprint density at radius 2 is 2.18 bits per heavy atom. The lowest BCUT2D eigenvalue weighted by molar-refractivity contribution is 0.508. The van der Waals surface area contributed by atoms with E-state index in [0.717, 1.165) is 22.3 Å². The predicted octanol–water partition coefficient (Wildman–Crippen LogP) is 3.22. The Labute approximate surface area is 106 Å². The van der Waals surface area contributed by atoms with Gasteiger partial charge in [-0.1, -0.05) is 24.6 Å². The van der Waals surface area contributed by atoms with Crippen LogP contribution in [0.2, 0.25) is 0 Å². The number of pyridine rings is 1. The van der Waals surface area contributed by atoms with Gasteiger partial charge in [-0.2, -0.15) is 0 Å². The smallest absolute Gasteiger partial charge is 0.161 e. The first-order valence-electron chi connectivity index (χ1n) is 6.19. The number of aryl methyl sites for hydroxylation is 1. The molecule has 0 bridgehead atoms. The summed E-state index contributed by atoms with van der Waals surface area (Å²) in [5.41, 5.74) is 2.36. The molecule has 1 aliphatic carbocycles. The SMILES string of the molecule is Cc1ncccc1NC1=NC2(CCCC2)CS1. The Bertz CT molecular complexity index is 450. The van der Waals surface area contributed by atoms with Crippen LogP contribution in [-0.2, 0) is 0 Å². The molecule has 1 fully saturated rings. The van der Waals surface area contributed by atoms with Crippen molar-refractivity contribution < 1.29 is 0 Å². The molecule has 1 aromatic heterocycles. The molecule has 0 atom stereocenters. The van der Waals surface area contributed by atoms with Gasteiger partial charge < -0.3 is 5.32 Å². The highest BCUT2D eigenvalue weighted by Gasteiger charge is 2.38. The average Bonchev–Trinajstić information content (AvgIpc) is 2.94. The van der Waals surface area contributed by atoms with Crippen LogP contribution in [0.15, 0.2) is 23.3 Å². The molecule has 4 heteroatoms. The minimum absolute atomic E-state index is 0.253. The third-order valence-electron chi connectivity index (χ3n) is 3.60. The maximum absolute atomic E-state index is 4.90. The summed E-state index contributed by atoms with van der Waals surface area (Å²) >= 11 is 1.85. The van der Waals surface area contributed by atoms with Gasteiger partial charge in [-0.15, -0.1) is 0 Å². The number of amidine groups is 1. The fraction of sp³-hybridized carbons (Fsp3) is 0.538. The van der Waals surface area contributed by atoms with Crippen LogP contribution in [-0.4, -0.2) is 21.4 Å². The van der Waals surface area contributed by atoms with Gasteiger partial charge >= 0.3 is 0 Å². The molecular formula is C13H17N3S. The van der Waals surface area contributed by atoms with Gasteiger partial charge in [0.2, 0.25) is 0 Å². The Morgan fingerprint density at radius 3 is 2.94 bits per heavy atom. The first kappa shape index (κ1) is 11.1. The largest absolute Gasteiger partial charge is 0.333 e. The van der Waals surface area contributed by atoms with Gasteiger partial charge in [0.25, 0.3) is 0 Å². The average molecular weight is 247 g/mol. The second kappa shape index (κ2) is 4.33. The summed E-state index contributed by atoms with van der Waals surface area (Å²) in [6, 6.07) is 4.02. The number of nitrogens with one attached hydrogen (secondary N) is 1. The molecule has 0 radical (unpaired) electrons. The van der Waals surface area contributed by atoms with Crippen LogP contribution in [0.3, 0.4) is 0 Å². The molecule has 90 valence electrons. The molecule has 1 aromatic rings. The van der Waals surface area contributed by atoms with Crippen LogP contribution in [0.1, 0.15) is 31.4 Å². The van der Waals surface area contributed by atoms with Crippen molar-refractivity contribution in [2.24, 2.45) is 4.99 Å². The molecule has 0 saturated heterocycles. The third-order valence-corrected chi connectivity index (χ3v) is 4.75. The number of aliphatic imine (C=N–C) groups is 1. The molecule has 1 spiro atoms. The zero-order chi connectivity index (χ0) is 11.7. The topological polar surface area (TPSA) is 37.3 Å². The van der Waals surface area contributed by atoms with Gasteiger partial charge in [0.05, 0.1) is 16.9 Å². The summed E-state index contributed by atoms with van der Waals surface area (Å²) in [4.78, 5) is 9.18. The van der Waals surface area contributed by atoms with Crippen molar-refractivity contribution in [2.75, 3.05) is 11.1 Å². The van der Waals surface area contributed by atoms with Gasteiger partial charge in [-0.25, -0.2) is 0 Å². The van der Waals surface area contributed by atoms with Crippen molar-refractivity contribution >= 4 is 22.6 Å². The van der Waals surface area contributed by atoms with E-state index in [4.69, 9.17) is 4.99 Å². The summed E-state index contributed by atoms with van der Waals surface area (Å²) in [7, 11) is 0. The first-order chi connectivity index (χ1) is 8.27. The normalized spacial score (nSPS) is 21.8. The van der Waals surface area contributed by atoms with E-state index in [9.17, 15) is 0 Å². The van der Waals surface area contributed by atoms with Crippen LogP contribution >= 0.6 is 11.8 Å². The molecule has 3 rings (SSSR count). The van der Waals surface area contributed by atoms with E-state index in [1.54, 1.807) is 0 Å². The molecule has 3 nitrogen and oxygen atoms in total. The third kappa shape index (κ3) is 2.18. The standard InChI is InChI=1S/C13H17N3S/c1-10-11(5-4-8-14-10)15-12-16-13(9-17-12)6-2-3-7-13/h4-5,8H,2-3,6-7,9H2,1H3,(H,15,16). The van der Waals surface area contributed by atoms with Crippen LogP contribution in [0, 0.1) is 6.92 Å². The van der Waals surface area contributed by atoms with E-state index in [1.807, 2.05) is 30.9 Å². The molecule has 2 heterocycles. The van der Waals surface area contributed by atoms with Crippen LogP contribution < -0.4 is 5.32 Å². The molecule has 17 heavy (non-hydrogen) atoms. The highest BCUT2D eigenvalue weighted by molar-refractivity contribution is 8.14. The molecule has 1 aliphatic heterocycles. The van der Waals surface area contributed by atoms with Gasteiger partial charge in [-0.3, -0.25) is 9.98 Å². The van der Waals surface area contributed by atoms with Crippen molar-refractivity contribution in [2.45, 2.75) is 38.1 Å². The summed E-state index contributed by atoms with van der Waals surface area (Å²) in [5.74, 6) is 1.15. The van der Waals surface area contributed by atoms with E-state index in [2.05, 4.69) is 16.4 Å². The van der Waals surface area contributed by atoms with E-state index in [1.165, 1.54) is 25.7 Å². The maximum Gasteiger partial charge on any atom is 0.161 e. The lowest BCUT2D eigenvalue weighted by Crippen LogP contribution is -2.21. The number of hydrogen-bond acceptors (Lipinski definition) is 4. The second-order valence-corrected chi connectivity index (χ2v) is 5.86. The molecular weight excluding hydrogens is 230 g/mol. The van der Waals surface area contributed by atoms with Crippen molar-refractivity contribution in [1.29, 1.82) is 0 Å². The number of rotatable bonds is 1. The predicted molar refractivity (Wildman–Crippen MR) is 73.7 cm³/mol. The highest BCUT2D eigenvalue weighted by atomic mass is 32.2. The maximum atomic E-state index is 4.90. The van der Waals surface area contributed by atoms with Gasteiger partial charge in [0, 0.05) is 11.9 Å². The Balaban J connectivity index is 1.77. The summed E-state index contributed by atoms with van der Waals surface area (Å²) in [5, 5.41) is 4.48. The Kier molecular flexibility index (Phi) is 2.82. The van der Waals surface area contributed by atoms with Crippen molar-refractivity contribution in [3.05, 3.63) is 24.0 Å². The Hall–Kier alpha value is -1.03. The van der Waals surface area contributed by atoms with Crippen molar-refractivity contribution in [1.82, 2.24) is 4.98 Å². The number of aromatic nitrogens is 1. The minimum Gasteiger partial charge on any atom is -0.333 e. The van der Waals surface area contributed by atoms with E-state index >= 15 is 0 Å². The molecule has 1 saturated carbocycles. The Morgan fingerprint density at radius 1 is 1.35 bits per heavy atom. The summed E-state index contributed by atoms with van der Waals surface area (Å²) in [6.45, 7) is 2.02. The van der Waals surface area contributed by atoms with Gasteiger partial charge in [-0.05, 0) is 31.9 Å². The highest BCUT2D eigenvalue weighted by Crippen LogP contribution is 2.41. The lowest BCUT2D eigenvalue weighted by atomic mass is 10.0. The fourth-order valence-electron chi connectivity index (χ4n) is 2.57. The van der Waals surface area contributed by atoms with Crippen molar-refractivity contribution in [3.8, 4) is 0 Å². The van der Waals surface area contributed by atoms with Crippen molar-refractivity contribution in [3.63, 3.8) is 0 Å². The van der Waals surface area contributed by atoms with Gasteiger partial charge in [0.15, 0.2) is 5.17 Å². The molecule has 0 amide bonds. The molecule has 1 N–H and O–H groups in total. The second-order valence-electron chi connectivity index (χ2n) is 4.90. The first-order valence-corrected chi connectivity index (χ1v) is 7.17. The zero-order valence-electron chi connectivity index (χ0n) is 10.1. The van der Waals surface area contributed by atoms with E-state index in [0.29, 0.717) is 0 Å². The molecule has 0 aromatic carbocycles. The number of anilines is 1. The quantitative estimate of drug-likeness (QED) is 0.828. The summed E-state index contributed by atoms with van der Waals surface area (Å²) < 4.78 is 0. The summed E-state index contributed by atoms with van der Waals surface area (Å²) in [6.07, 6.45) is 7.02. The fourth-order valence-corrected chi connectivity index (χ4v) is 3.77. The molecule has 2 aliphatic rings. The van der Waals surface area contributed by atoms with Crippen LogP contribution in [0.25, 0.3) is 0 Å². The minimum atomic E-state index is 0.253. The van der Waals surface area contributed by atoms with E-state index in [-0.39, 0.29) is 5.54 Å². The number of nitrogens with zero attached hydrogens (tertiary/aromatic N) is 2. The molecule has 0 unspecified atom stereocenters. The van der Waals surface area contributed by atoms with Crippen LogP contribution in [0.4, 0.5) is 5.69 Å². The zero-order valence-corrected chi connectivity index (χ0v) is 10.9. The lowest BCUT2D eigenvalue weighted by Gasteiger charge is -2.16. The monoisotopic (exact) mass is 247 g/mol. The number of thioether (sulfide) groups is 1. The van der Waals surface area contributed by atoms with E-state index < -0.39 is 0 Å². The van der Waals surface area contributed by atoms with Crippen LogP contribution in [0.5, 0.6) is 0 Å².